The number of carbonyl (C=O) groups is 1. The quantitative estimate of drug-likeness (QED) is 0.212. The van der Waals surface area contributed by atoms with Crippen LogP contribution in [0.25, 0.3) is 18.2 Å². The van der Waals surface area contributed by atoms with Gasteiger partial charge in [-0.2, -0.15) is 13.2 Å². The average Bonchev–Trinajstić information content (AvgIpc) is 3.56. The van der Waals surface area contributed by atoms with Gasteiger partial charge in [0.25, 0.3) is 0 Å². The first-order valence-electron chi connectivity index (χ1n) is 16.5. The fourth-order valence-corrected chi connectivity index (χ4v) is 5.27. The van der Waals surface area contributed by atoms with Crippen LogP contribution in [0.4, 0.5) is 22.0 Å². The third-order valence-corrected chi connectivity index (χ3v) is 8.58. The van der Waals surface area contributed by atoms with Crippen LogP contribution in [0.3, 0.4) is 0 Å². The topological polar surface area (TPSA) is 52.3 Å². The molecule has 0 spiro atoms. The molecular formula is C39H50F5NO3. The van der Waals surface area contributed by atoms with Crippen molar-refractivity contribution in [2.24, 2.45) is 5.92 Å². The molecule has 3 aromatic rings. The second kappa shape index (κ2) is 17.6. The molecule has 4 rings (SSSR count). The Morgan fingerprint density at radius 3 is 2.29 bits per heavy atom. The Balaban J connectivity index is 0.000000478. The number of alkyl halides is 4. The van der Waals surface area contributed by atoms with E-state index in [1.807, 2.05) is 58.0 Å². The van der Waals surface area contributed by atoms with Crippen LogP contribution in [0, 0.1) is 18.7 Å². The molecule has 4 nitrogen and oxygen atoms in total. The highest BCUT2D eigenvalue weighted by Gasteiger charge is 2.51. The highest BCUT2D eigenvalue weighted by atomic mass is 19.4. The van der Waals surface area contributed by atoms with Crippen LogP contribution in [0.1, 0.15) is 103 Å². The van der Waals surface area contributed by atoms with Gasteiger partial charge in [0, 0.05) is 12.5 Å². The summed E-state index contributed by atoms with van der Waals surface area (Å²) in [7, 11) is 0. The molecule has 0 bridgehead atoms. The number of carbonyl (C=O) groups excluding carboxylic acids is 1. The maximum atomic E-state index is 14.5. The highest BCUT2D eigenvalue weighted by molar-refractivity contribution is 5.88. The molecule has 2 aromatic carbocycles. The van der Waals surface area contributed by atoms with Crippen molar-refractivity contribution in [2.75, 3.05) is 6.61 Å². The number of hydrogen-bond acceptors (Lipinski definition) is 4. The Morgan fingerprint density at radius 2 is 1.77 bits per heavy atom. The van der Waals surface area contributed by atoms with E-state index in [2.05, 4.69) is 16.3 Å². The molecule has 1 heterocycles. The number of allylic oxidation sites excluding steroid dienone is 2. The Labute approximate surface area is 281 Å². The van der Waals surface area contributed by atoms with E-state index >= 15 is 0 Å². The van der Waals surface area contributed by atoms with E-state index in [0.29, 0.717) is 30.9 Å². The lowest BCUT2D eigenvalue weighted by Crippen LogP contribution is -2.35. The van der Waals surface area contributed by atoms with Gasteiger partial charge in [-0.1, -0.05) is 43.8 Å². The molecule has 48 heavy (non-hydrogen) atoms. The number of ether oxygens (including phenoxy) is 1. The summed E-state index contributed by atoms with van der Waals surface area (Å²) in [6, 6.07) is 10.2. The van der Waals surface area contributed by atoms with Crippen molar-refractivity contribution in [1.82, 2.24) is 5.16 Å². The van der Waals surface area contributed by atoms with Gasteiger partial charge in [0.1, 0.15) is 28.4 Å². The van der Waals surface area contributed by atoms with Crippen molar-refractivity contribution < 1.29 is 36.0 Å². The summed E-state index contributed by atoms with van der Waals surface area (Å²) in [5.41, 5.74) is 0.0534. The number of aromatic nitrogens is 1. The summed E-state index contributed by atoms with van der Waals surface area (Å²) in [6.07, 6.45) is 4.91. The smallest absolute Gasteiger partial charge is 0.401 e. The van der Waals surface area contributed by atoms with E-state index < -0.39 is 17.3 Å². The molecule has 1 aromatic heterocycles. The predicted molar refractivity (Wildman–Crippen MR) is 183 cm³/mol. The number of rotatable bonds is 9. The van der Waals surface area contributed by atoms with Gasteiger partial charge in [-0.25, -0.2) is 8.78 Å². The summed E-state index contributed by atoms with van der Waals surface area (Å²) < 4.78 is 76.1. The SMILES string of the molecule is C=c1cc(C)c(OCCC2CCC(C)(F)CC2)c/c1=C/C(=C\C)c1ccc(CC(C)=O)c(F)c1.CC.CC(C)(c1ccno1)C(F)(F)F. The minimum atomic E-state index is -4.31. The lowest BCUT2D eigenvalue weighted by atomic mass is 9.80. The molecule has 0 radical (unpaired) electrons. The molecule has 264 valence electrons. The lowest BCUT2D eigenvalue weighted by Gasteiger charge is -2.31. The lowest BCUT2D eigenvalue weighted by molar-refractivity contribution is -0.185. The van der Waals surface area contributed by atoms with Crippen molar-refractivity contribution in [3.8, 4) is 5.75 Å². The summed E-state index contributed by atoms with van der Waals surface area (Å²) in [6.45, 7) is 17.9. The fraction of sp³-hybridized carbons (Fsp3) is 0.487. The van der Waals surface area contributed by atoms with Crippen LogP contribution >= 0.6 is 0 Å². The normalized spacial score (nSPS) is 18.7. The van der Waals surface area contributed by atoms with Gasteiger partial charge in [0.15, 0.2) is 5.76 Å². The molecule has 0 N–H and O–H groups in total. The molecule has 0 amide bonds. The number of halogens is 5. The molecule has 1 aliphatic rings. The zero-order chi connectivity index (χ0) is 36.3. The van der Waals surface area contributed by atoms with Gasteiger partial charge in [-0.05, 0) is 137 Å². The fourth-order valence-electron chi connectivity index (χ4n) is 5.27. The van der Waals surface area contributed by atoms with Crippen molar-refractivity contribution in [3.63, 3.8) is 0 Å². The Hall–Kier alpha value is -3.75. The maximum absolute atomic E-state index is 14.5. The van der Waals surface area contributed by atoms with E-state index in [9.17, 15) is 26.7 Å². The van der Waals surface area contributed by atoms with E-state index in [0.717, 1.165) is 66.0 Å². The number of ketones is 1. The van der Waals surface area contributed by atoms with E-state index in [4.69, 9.17) is 4.74 Å². The van der Waals surface area contributed by atoms with Gasteiger partial charge in [0.05, 0.1) is 12.8 Å². The Kier molecular flexibility index (Phi) is 14.8. The zero-order valence-corrected chi connectivity index (χ0v) is 29.5. The van der Waals surface area contributed by atoms with E-state index in [-0.39, 0.29) is 23.8 Å². The van der Waals surface area contributed by atoms with Gasteiger partial charge >= 0.3 is 6.18 Å². The Bertz CT molecular complexity index is 1610. The molecule has 1 fully saturated rings. The third-order valence-electron chi connectivity index (χ3n) is 8.58. The van der Waals surface area contributed by atoms with Crippen molar-refractivity contribution in [3.05, 3.63) is 87.4 Å². The standard InChI is InChI=1S/C30H36F2O2.C7H8F3NO.C2H6/c1-6-24(25-7-8-26(16-22(4)33)28(31)18-25)17-27-19-29(21(3)15-20(27)2)34-14-11-23-9-12-30(5,32)13-10-23;1-6(2,7(8,9)10)5-3-4-11-12-5;1-2/h6-8,15,17-19,23H,2,9-14,16H2,1,3-5H3;3-4H,1-2H3;1-2H3/b24-6+,27-17-;;. The van der Waals surface area contributed by atoms with Gasteiger partial charge in [-0.15, -0.1) is 0 Å². The summed E-state index contributed by atoms with van der Waals surface area (Å²) in [4.78, 5) is 11.4. The summed E-state index contributed by atoms with van der Waals surface area (Å²) in [5.74, 6) is 0.706. The molecular weight excluding hydrogens is 625 g/mol. The molecule has 1 saturated carbocycles. The number of benzene rings is 2. The van der Waals surface area contributed by atoms with E-state index in [1.165, 1.54) is 25.3 Å². The largest absolute Gasteiger partial charge is 0.493 e. The van der Waals surface area contributed by atoms with Gasteiger partial charge in [0.2, 0.25) is 0 Å². The second-order valence-corrected chi connectivity index (χ2v) is 12.9. The maximum Gasteiger partial charge on any atom is 0.401 e. The minimum absolute atomic E-state index is 0.0669. The van der Waals surface area contributed by atoms with Crippen LogP contribution in [0.2, 0.25) is 0 Å². The average molecular weight is 676 g/mol. The van der Waals surface area contributed by atoms with Crippen LogP contribution in [0.15, 0.2) is 53.2 Å². The summed E-state index contributed by atoms with van der Waals surface area (Å²) in [5, 5.41) is 5.00. The van der Waals surface area contributed by atoms with Crippen LogP contribution in [-0.2, 0) is 16.6 Å². The van der Waals surface area contributed by atoms with Crippen molar-refractivity contribution in [1.29, 1.82) is 0 Å². The number of nitrogens with zero attached hydrogens (tertiary/aromatic N) is 1. The highest BCUT2D eigenvalue weighted by Crippen LogP contribution is 2.40. The molecule has 0 saturated heterocycles. The number of Topliss-reactive ketones (excluding diaryl/α,β-unsaturated/α-hetero) is 1. The third kappa shape index (κ3) is 11.4. The zero-order valence-electron chi connectivity index (χ0n) is 29.5. The monoisotopic (exact) mass is 675 g/mol. The molecule has 0 aliphatic heterocycles. The first-order valence-corrected chi connectivity index (χ1v) is 16.5. The van der Waals surface area contributed by atoms with Crippen LogP contribution in [-0.4, -0.2) is 29.4 Å². The first kappa shape index (κ1) is 40.4. The second-order valence-electron chi connectivity index (χ2n) is 12.9. The van der Waals surface area contributed by atoms with Gasteiger partial charge in [-0.3, -0.25) is 4.79 Å². The Morgan fingerprint density at radius 1 is 1.12 bits per heavy atom. The molecule has 1 aliphatic carbocycles. The van der Waals surface area contributed by atoms with Crippen molar-refractivity contribution >= 4 is 24.0 Å². The number of aryl methyl sites for hydroxylation is 1. The molecule has 0 unspecified atom stereocenters. The molecule has 0 atom stereocenters. The van der Waals surface area contributed by atoms with Crippen LogP contribution < -0.4 is 15.2 Å². The number of hydrogen-bond donors (Lipinski definition) is 0. The summed E-state index contributed by atoms with van der Waals surface area (Å²) >= 11 is 0. The molecule has 9 heteroatoms. The van der Waals surface area contributed by atoms with Crippen LogP contribution in [0.5, 0.6) is 5.75 Å². The van der Waals surface area contributed by atoms with Gasteiger partial charge < -0.3 is 9.26 Å². The minimum Gasteiger partial charge on any atom is -0.493 e. The van der Waals surface area contributed by atoms with Crippen molar-refractivity contribution in [2.45, 2.75) is 111 Å². The van der Waals surface area contributed by atoms with E-state index in [1.54, 1.807) is 13.0 Å². The first-order chi connectivity index (χ1) is 22.4. The predicted octanol–water partition coefficient (Wildman–Crippen LogP) is 9.79.